The van der Waals surface area contributed by atoms with E-state index < -0.39 is 16.2 Å². The van der Waals surface area contributed by atoms with Crippen molar-refractivity contribution in [3.05, 3.63) is 22.8 Å². The molecular formula is C7H9NO4S. The Kier molecular flexibility index (Phi) is 1.73. The minimum absolute atomic E-state index is 0.0168. The van der Waals surface area contributed by atoms with Gasteiger partial charge in [0, 0.05) is 6.04 Å². The Balaban J connectivity index is 2.35. The van der Waals surface area contributed by atoms with Crippen LogP contribution in [0, 0.1) is 0 Å². The summed E-state index contributed by atoms with van der Waals surface area (Å²) in [6.07, 6.45) is 3.25. The number of fused-ring (bicyclic) bond motifs is 2. The number of nitrogens with one attached hydrogen (secondary N) is 1. The van der Waals surface area contributed by atoms with Crippen LogP contribution in [0.2, 0.25) is 0 Å². The van der Waals surface area contributed by atoms with E-state index in [2.05, 4.69) is 5.32 Å². The van der Waals surface area contributed by atoms with E-state index in [0.717, 1.165) is 0 Å². The van der Waals surface area contributed by atoms with Crippen LogP contribution in [-0.2, 0) is 14.9 Å². The minimum atomic E-state index is -4.10. The van der Waals surface area contributed by atoms with Gasteiger partial charge in [-0.3, -0.25) is 9.87 Å². The van der Waals surface area contributed by atoms with Gasteiger partial charge in [0.2, 0.25) is 0 Å². The molecule has 0 aliphatic carbocycles. The van der Waals surface area contributed by atoms with Gasteiger partial charge < -0.3 is 4.74 Å². The van der Waals surface area contributed by atoms with Crippen molar-refractivity contribution >= 4 is 10.1 Å². The summed E-state index contributed by atoms with van der Waals surface area (Å²) in [5.74, 6) is 0.542. The molecule has 0 amide bonds. The molecule has 2 unspecified atom stereocenters. The average molecular weight is 203 g/mol. The second kappa shape index (κ2) is 2.57. The molecule has 2 heterocycles. The third kappa shape index (κ3) is 1.27. The zero-order chi connectivity index (χ0) is 9.64. The van der Waals surface area contributed by atoms with Crippen molar-refractivity contribution in [3.63, 3.8) is 0 Å². The SMILES string of the molecule is COC1=CC2C=C(S(=O)(=O)O)C1N2. The molecule has 6 heteroatoms. The first kappa shape index (κ1) is 8.74. The molecule has 0 saturated heterocycles. The highest BCUT2D eigenvalue weighted by Crippen LogP contribution is 2.30. The summed E-state index contributed by atoms with van der Waals surface area (Å²) in [6.45, 7) is 0. The lowest BCUT2D eigenvalue weighted by atomic mass is 10.2. The predicted molar refractivity (Wildman–Crippen MR) is 45.4 cm³/mol. The molecular weight excluding hydrogens is 194 g/mol. The van der Waals surface area contributed by atoms with Gasteiger partial charge in [-0.05, 0) is 12.2 Å². The predicted octanol–water partition coefficient (Wildman–Crippen LogP) is -0.358. The molecule has 2 N–H and O–H groups in total. The average Bonchev–Trinajstić information content (AvgIpc) is 2.59. The Labute approximate surface area is 75.8 Å². The second-order valence-electron chi connectivity index (χ2n) is 2.94. The van der Waals surface area contributed by atoms with E-state index in [1.165, 1.54) is 13.2 Å². The van der Waals surface area contributed by atoms with Crippen LogP contribution in [0.25, 0.3) is 0 Å². The molecule has 72 valence electrons. The number of rotatable bonds is 2. The third-order valence-corrected chi connectivity index (χ3v) is 3.12. The van der Waals surface area contributed by atoms with Crippen LogP contribution >= 0.6 is 0 Å². The number of ether oxygens (including phenoxy) is 1. The van der Waals surface area contributed by atoms with Gasteiger partial charge in [0.25, 0.3) is 10.1 Å². The monoisotopic (exact) mass is 203 g/mol. The van der Waals surface area contributed by atoms with Crippen LogP contribution < -0.4 is 5.32 Å². The zero-order valence-electron chi connectivity index (χ0n) is 6.89. The van der Waals surface area contributed by atoms with Crippen LogP contribution in [0.4, 0.5) is 0 Å². The Bertz CT molecular complexity index is 395. The summed E-state index contributed by atoms with van der Waals surface area (Å²) < 4.78 is 35.5. The van der Waals surface area contributed by atoms with Crippen molar-refractivity contribution in [2.45, 2.75) is 12.1 Å². The zero-order valence-corrected chi connectivity index (χ0v) is 7.71. The molecule has 2 aliphatic rings. The highest BCUT2D eigenvalue weighted by Gasteiger charge is 2.40. The molecule has 0 radical (unpaired) electrons. The first-order valence-electron chi connectivity index (χ1n) is 3.73. The fourth-order valence-electron chi connectivity index (χ4n) is 1.61. The maximum Gasteiger partial charge on any atom is 0.292 e. The van der Waals surface area contributed by atoms with Gasteiger partial charge in [0.15, 0.2) is 0 Å². The Morgan fingerprint density at radius 2 is 2.23 bits per heavy atom. The van der Waals surface area contributed by atoms with Crippen molar-refractivity contribution in [2.75, 3.05) is 7.11 Å². The van der Waals surface area contributed by atoms with Crippen LogP contribution in [-0.4, -0.2) is 32.2 Å². The van der Waals surface area contributed by atoms with Gasteiger partial charge in [-0.25, -0.2) is 0 Å². The Hall–Kier alpha value is -0.850. The molecule has 0 aromatic rings. The minimum Gasteiger partial charge on any atom is -0.499 e. The molecule has 2 atom stereocenters. The Morgan fingerprint density at radius 1 is 1.54 bits per heavy atom. The van der Waals surface area contributed by atoms with Gasteiger partial charge in [-0.15, -0.1) is 0 Å². The molecule has 0 saturated carbocycles. The molecule has 2 aliphatic heterocycles. The lowest BCUT2D eigenvalue weighted by Gasteiger charge is -2.12. The van der Waals surface area contributed by atoms with Gasteiger partial charge in [-0.2, -0.15) is 8.42 Å². The molecule has 2 rings (SSSR count). The van der Waals surface area contributed by atoms with Crippen molar-refractivity contribution in [1.82, 2.24) is 5.32 Å². The van der Waals surface area contributed by atoms with Gasteiger partial charge in [0.1, 0.15) is 11.8 Å². The summed E-state index contributed by atoms with van der Waals surface area (Å²) in [7, 11) is -2.63. The fraction of sp³-hybridized carbons (Fsp3) is 0.429. The summed E-state index contributed by atoms with van der Waals surface area (Å²) in [5, 5.41) is 2.94. The lowest BCUT2D eigenvalue weighted by molar-refractivity contribution is 0.273. The molecule has 0 aromatic carbocycles. The van der Waals surface area contributed by atoms with E-state index >= 15 is 0 Å². The normalized spacial score (nSPS) is 31.5. The summed E-state index contributed by atoms with van der Waals surface area (Å²) in [6, 6.07) is -0.651. The number of hydrogen-bond donors (Lipinski definition) is 2. The molecule has 0 aromatic heterocycles. The quantitative estimate of drug-likeness (QED) is 0.599. The van der Waals surface area contributed by atoms with Crippen LogP contribution in [0.3, 0.4) is 0 Å². The van der Waals surface area contributed by atoms with E-state index in [0.29, 0.717) is 5.76 Å². The van der Waals surface area contributed by atoms with E-state index in [9.17, 15) is 8.42 Å². The van der Waals surface area contributed by atoms with Gasteiger partial charge in [-0.1, -0.05) is 0 Å². The van der Waals surface area contributed by atoms with E-state index in [1.54, 1.807) is 6.08 Å². The largest absolute Gasteiger partial charge is 0.499 e. The molecule has 13 heavy (non-hydrogen) atoms. The maximum absolute atomic E-state index is 10.8. The van der Waals surface area contributed by atoms with E-state index in [-0.39, 0.29) is 10.9 Å². The van der Waals surface area contributed by atoms with Crippen molar-refractivity contribution in [3.8, 4) is 0 Å². The van der Waals surface area contributed by atoms with E-state index in [1.807, 2.05) is 0 Å². The van der Waals surface area contributed by atoms with Crippen LogP contribution in [0.15, 0.2) is 22.8 Å². The third-order valence-electron chi connectivity index (χ3n) is 2.15. The fourth-order valence-corrected chi connectivity index (χ4v) is 2.41. The molecule has 0 spiro atoms. The first-order valence-corrected chi connectivity index (χ1v) is 5.17. The Morgan fingerprint density at radius 3 is 2.69 bits per heavy atom. The van der Waals surface area contributed by atoms with Crippen LogP contribution in [0.5, 0.6) is 0 Å². The van der Waals surface area contributed by atoms with Crippen molar-refractivity contribution in [1.29, 1.82) is 0 Å². The molecule has 5 nitrogen and oxygen atoms in total. The lowest BCUT2D eigenvalue weighted by Crippen LogP contribution is -2.28. The molecule has 2 bridgehead atoms. The summed E-state index contributed by atoms with van der Waals surface area (Å²) in [4.78, 5) is -0.0168. The first-order chi connectivity index (χ1) is 6.02. The van der Waals surface area contributed by atoms with Gasteiger partial charge >= 0.3 is 0 Å². The standard InChI is InChI=1S/C7H9NO4S/c1-12-5-2-4-3-6(7(5)8-4)13(9,10)11/h2-4,7-8H,1H3,(H,9,10,11). The number of methoxy groups -OCH3 is 1. The maximum atomic E-state index is 10.8. The highest BCUT2D eigenvalue weighted by atomic mass is 32.2. The number of hydrogen-bond acceptors (Lipinski definition) is 4. The van der Waals surface area contributed by atoms with E-state index in [4.69, 9.17) is 9.29 Å². The summed E-state index contributed by atoms with van der Waals surface area (Å²) >= 11 is 0. The van der Waals surface area contributed by atoms with Crippen molar-refractivity contribution < 1.29 is 17.7 Å². The smallest absolute Gasteiger partial charge is 0.292 e. The highest BCUT2D eigenvalue weighted by molar-refractivity contribution is 7.89. The topological polar surface area (TPSA) is 75.6 Å². The molecule has 0 fully saturated rings. The summed E-state index contributed by atoms with van der Waals surface area (Å²) in [5.41, 5.74) is 0. The van der Waals surface area contributed by atoms with Crippen LogP contribution in [0.1, 0.15) is 0 Å². The van der Waals surface area contributed by atoms with Gasteiger partial charge in [0.05, 0.1) is 12.0 Å². The van der Waals surface area contributed by atoms with Crippen molar-refractivity contribution in [2.24, 2.45) is 0 Å². The second-order valence-corrected chi connectivity index (χ2v) is 4.36.